The van der Waals surface area contributed by atoms with E-state index in [9.17, 15) is 4.79 Å². The highest BCUT2D eigenvalue weighted by molar-refractivity contribution is 5.95. The van der Waals surface area contributed by atoms with Crippen LogP contribution in [0.15, 0.2) is 29.3 Å². The molecule has 1 saturated heterocycles. The van der Waals surface area contributed by atoms with Gasteiger partial charge in [0.1, 0.15) is 0 Å². The van der Waals surface area contributed by atoms with Crippen LogP contribution in [-0.2, 0) is 11.3 Å². The maximum absolute atomic E-state index is 11.8. The number of rotatable bonds is 11. The first-order valence-electron chi connectivity index (χ1n) is 10.7. The highest BCUT2D eigenvalue weighted by atomic mass is 16.2. The minimum Gasteiger partial charge on any atom is -0.356 e. The van der Waals surface area contributed by atoms with Gasteiger partial charge < -0.3 is 20.4 Å². The molecule has 2 rings (SSSR count). The van der Waals surface area contributed by atoms with E-state index in [4.69, 9.17) is 0 Å². The summed E-state index contributed by atoms with van der Waals surface area (Å²) in [4.78, 5) is 20.6. The Morgan fingerprint density at radius 2 is 1.82 bits per heavy atom. The molecule has 0 aromatic heterocycles. The van der Waals surface area contributed by atoms with E-state index >= 15 is 0 Å². The van der Waals surface area contributed by atoms with Gasteiger partial charge in [-0.05, 0) is 63.0 Å². The number of nitrogens with zero attached hydrogens (tertiary/aromatic N) is 3. The molecule has 6 heteroatoms. The SMILES string of the molecule is CCCN(CCC)CCCNC(=NC)NCc1ccc(N2CCCC2=O)cc1. The number of hydrogen-bond donors (Lipinski definition) is 2. The summed E-state index contributed by atoms with van der Waals surface area (Å²) >= 11 is 0. The second kappa shape index (κ2) is 12.4. The van der Waals surface area contributed by atoms with Crippen molar-refractivity contribution < 1.29 is 4.79 Å². The van der Waals surface area contributed by atoms with Gasteiger partial charge in [0, 0.05) is 38.8 Å². The van der Waals surface area contributed by atoms with Crippen LogP contribution in [0.5, 0.6) is 0 Å². The molecule has 0 radical (unpaired) electrons. The van der Waals surface area contributed by atoms with Crippen LogP contribution >= 0.6 is 0 Å². The Balaban J connectivity index is 1.71. The van der Waals surface area contributed by atoms with Crippen molar-refractivity contribution in [1.29, 1.82) is 0 Å². The van der Waals surface area contributed by atoms with Crippen LogP contribution in [0, 0.1) is 0 Å². The topological polar surface area (TPSA) is 60.0 Å². The summed E-state index contributed by atoms with van der Waals surface area (Å²) < 4.78 is 0. The van der Waals surface area contributed by atoms with Crippen molar-refractivity contribution in [3.63, 3.8) is 0 Å². The molecule has 0 spiro atoms. The van der Waals surface area contributed by atoms with E-state index in [-0.39, 0.29) is 5.91 Å². The molecule has 0 aliphatic carbocycles. The molecule has 0 bridgehead atoms. The monoisotopic (exact) mass is 387 g/mol. The molecule has 0 atom stereocenters. The lowest BCUT2D eigenvalue weighted by Gasteiger charge is -2.21. The molecule has 6 nitrogen and oxygen atoms in total. The summed E-state index contributed by atoms with van der Waals surface area (Å²) in [7, 11) is 1.80. The molecule has 1 aliphatic heterocycles. The quantitative estimate of drug-likeness (QED) is 0.348. The fourth-order valence-corrected chi connectivity index (χ4v) is 3.60. The number of hydrogen-bond acceptors (Lipinski definition) is 3. The van der Waals surface area contributed by atoms with Gasteiger partial charge in [0.25, 0.3) is 0 Å². The van der Waals surface area contributed by atoms with Gasteiger partial charge in [-0.25, -0.2) is 0 Å². The lowest BCUT2D eigenvalue weighted by atomic mass is 10.2. The zero-order valence-electron chi connectivity index (χ0n) is 17.8. The molecule has 1 aromatic carbocycles. The molecule has 156 valence electrons. The number of carbonyl (C=O) groups excluding carboxylic acids is 1. The van der Waals surface area contributed by atoms with Crippen molar-refractivity contribution in [2.45, 2.75) is 52.5 Å². The Kier molecular flexibility index (Phi) is 9.83. The molecular weight excluding hydrogens is 350 g/mol. The Labute approximate surface area is 170 Å². The van der Waals surface area contributed by atoms with Gasteiger partial charge in [-0.15, -0.1) is 0 Å². The molecule has 2 N–H and O–H groups in total. The number of guanidine groups is 1. The van der Waals surface area contributed by atoms with E-state index in [1.165, 1.54) is 31.5 Å². The van der Waals surface area contributed by atoms with Crippen molar-refractivity contribution in [2.24, 2.45) is 4.99 Å². The highest BCUT2D eigenvalue weighted by Gasteiger charge is 2.21. The zero-order valence-corrected chi connectivity index (χ0v) is 17.8. The standard InChI is InChI=1S/C22H37N5O/c1-4-14-26(15-5-2)16-7-13-24-22(23-3)25-18-19-9-11-20(12-10-19)27-17-6-8-21(27)28/h9-12H,4-8,13-18H2,1-3H3,(H2,23,24,25). The second-order valence-corrected chi connectivity index (χ2v) is 7.36. The summed E-state index contributed by atoms with van der Waals surface area (Å²) in [5.41, 5.74) is 2.17. The van der Waals surface area contributed by atoms with Crippen molar-refractivity contribution >= 4 is 17.6 Å². The first-order valence-corrected chi connectivity index (χ1v) is 10.7. The largest absolute Gasteiger partial charge is 0.356 e. The molecule has 1 heterocycles. The first-order chi connectivity index (χ1) is 13.7. The van der Waals surface area contributed by atoms with Gasteiger partial charge in [-0.3, -0.25) is 9.79 Å². The minimum atomic E-state index is 0.229. The third kappa shape index (κ3) is 7.15. The molecule has 1 aromatic rings. The van der Waals surface area contributed by atoms with Crippen molar-refractivity contribution in [3.8, 4) is 0 Å². The van der Waals surface area contributed by atoms with Crippen LogP contribution in [0.4, 0.5) is 5.69 Å². The van der Waals surface area contributed by atoms with Crippen molar-refractivity contribution in [3.05, 3.63) is 29.8 Å². The number of anilines is 1. The Morgan fingerprint density at radius 3 is 2.39 bits per heavy atom. The molecular formula is C22H37N5O. The van der Waals surface area contributed by atoms with E-state index in [1.54, 1.807) is 7.05 Å². The highest BCUT2D eigenvalue weighted by Crippen LogP contribution is 2.21. The molecule has 0 saturated carbocycles. The van der Waals surface area contributed by atoms with Gasteiger partial charge in [-0.1, -0.05) is 26.0 Å². The molecule has 0 unspecified atom stereocenters. The van der Waals surface area contributed by atoms with Crippen LogP contribution in [0.25, 0.3) is 0 Å². The number of nitrogens with one attached hydrogen (secondary N) is 2. The number of benzene rings is 1. The molecule has 1 aliphatic rings. The third-order valence-corrected chi connectivity index (χ3v) is 5.03. The van der Waals surface area contributed by atoms with Crippen LogP contribution in [0.2, 0.25) is 0 Å². The second-order valence-electron chi connectivity index (χ2n) is 7.36. The maximum atomic E-state index is 11.8. The smallest absolute Gasteiger partial charge is 0.227 e. The number of carbonyl (C=O) groups is 1. The fourth-order valence-electron chi connectivity index (χ4n) is 3.60. The van der Waals surface area contributed by atoms with Crippen LogP contribution in [-0.4, -0.2) is 56.5 Å². The lowest BCUT2D eigenvalue weighted by molar-refractivity contribution is -0.117. The normalized spacial score (nSPS) is 14.8. The van der Waals surface area contributed by atoms with Crippen molar-refractivity contribution in [2.75, 3.05) is 44.7 Å². The molecule has 1 amide bonds. The van der Waals surface area contributed by atoms with Crippen LogP contribution in [0.1, 0.15) is 51.5 Å². The van der Waals surface area contributed by atoms with Gasteiger partial charge in [0.2, 0.25) is 5.91 Å². The van der Waals surface area contributed by atoms with E-state index < -0.39 is 0 Å². The molecule has 28 heavy (non-hydrogen) atoms. The summed E-state index contributed by atoms with van der Waals surface area (Å²) in [6.45, 7) is 10.4. The Hall–Kier alpha value is -2.08. The molecule has 1 fully saturated rings. The summed E-state index contributed by atoms with van der Waals surface area (Å²) in [6.07, 6.45) is 5.15. The van der Waals surface area contributed by atoms with Gasteiger partial charge in [0.15, 0.2) is 5.96 Å². The Bertz CT molecular complexity index is 608. The number of amides is 1. The Morgan fingerprint density at radius 1 is 1.11 bits per heavy atom. The lowest BCUT2D eigenvalue weighted by Crippen LogP contribution is -2.38. The van der Waals surface area contributed by atoms with E-state index in [0.29, 0.717) is 13.0 Å². The van der Waals surface area contributed by atoms with Gasteiger partial charge in [0.05, 0.1) is 0 Å². The average Bonchev–Trinajstić information content (AvgIpc) is 3.14. The van der Waals surface area contributed by atoms with Gasteiger partial charge >= 0.3 is 0 Å². The average molecular weight is 388 g/mol. The van der Waals surface area contributed by atoms with Crippen molar-refractivity contribution in [1.82, 2.24) is 15.5 Å². The maximum Gasteiger partial charge on any atom is 0.227 e. The fraction of sp³-hybridized carbons (Fsp3) is 0.636. The van der Waals surface area contributed by atoms with Crippen LogP contribution in [0.3, 0.4) is 0 Å². The summed E-state index contributed by atoms with van der Waals surface area (Å²) in [5.74, 6) is 1.06. The van der Waals surface area contributed by atoms with Gasteiger partial charge in [-0.2, -0.15) is 0 Å². The van der Waals surface area contributed by atoms with E-state index in [0.717, 1.165) is 44.1 Å². The zero-order chi connectivity index (χ0) is 20.2. The predicted octanol–water partition coefficient (Wildman–Crippen LogP) is 2.99. The van der Waals surface area contributed by atoms with E-state index in [2.05, 4.69) is 46.5 Å². The van der Waals surface area contributed by atoms with Crippen LogP contribution < -0.4 is 15.5 Å². The summed E-state index contributed by atoms with van der Waals surface area (Å²) in [5, 5.41) is 6.77. The summed E-state index contributed by atoms with van der Waals surface area (Å²) in [6, 6.07) is 8.22. The predicted molar refractivity (Wildman–Crippen MR) is 118 cm³/mol. The number of aliphatic imine (C=N–C) groups is 1. The van der Waals surface area contributed by atoms with E-state index in [1.807, 2.05) is 17.0 Å². The minimum absolute atomic E-state index is 0.229. The first kappa shape index (κ1) is 22.2. The third-order valence-electron chi connectivity index (χ3n) is 5.03.